The van der Waals surface area contributed by atoms with Crippen molar-refractivity contribution in [2.24, 2.45) is 5.92 Å². The summed E-state index contributed by atoms with van der Waals surface area (Å²) in [5.74, 6) is -1.43. The quantitative estimate of drug-likeness (QED) is 0.875. The molecule has 1 aliphatic rings. The van der Waals surface area contributed by atoms with Crippen molar-refractivity contribution in [1.29, 1.82) is 0 Å². The molecule has 0 aliphatic heterocycles. The van der Waals surface area contributed by atoms with E-state index in [1.807, 2.05) is 0 Å². The molecule has 2 atom stereocenters. The topological polar surface area (TPSA) is 79.3 Å². The van der Waals surface area contributed by atoms with E-state index in [2.05, 4.69) is 10.3 Å². The van der Waals surface area contributed by atoms with Gasteiger partial charge in [-0.15, -0.1) is 0 Å². The number of halogens is 1. The van der Waals surface area contributed by atoms with E-state index in [0.29, 0.717) is 29.8 Å². The Kier molecular flexibility index (Phi) is 3.81. The van der Waals surface area contributed by atoms with E-state index in [9.17, 15) is 9.59 Å². The van der Waals surface area contributed by atoms with Crippen molar-refractivity contribution in [3.05, 3.63) is 29.0 Å². The Morgan fingerprint density at radius 2 is 2.22 bits per heavy atom. The summed E-state index contributed by atoms with van der Waals surface area (Å²) in [5, 5.41) is 12.0. The summed E-state index contributed by atoms with van der Waals surface area (Å²) in [5.41, 5.74) is 0.366. The first-order valence-electron chi connectivity index (χ1n) is 5.71. The number of nitrogens with zero attached hydrogens (tertiary/aromatic N) is 1. The minimum absolute atomic E-state index is 0.0946. The molecule has 1 aromatic rings. The summed E-state index contributed by atoms with van der Waals surface area (Å²) in [4.78, 5) is 26.5. The maximum atomic E-state index is 11.9. The highest BCUT2D eigenvalue weighted by Crippen LogP contribution is 2.26. The minimum atomic E-state index is -0.798. The molecule has 5 nitrogen and oxygen atoms in total. The number of pyridine rings is 1. The lowest BCUT2D eigenvalue weighted by atomic mass is 10.1. The van der Waals surface area contributed by atoms with Crippen LogP contribution in [-0.4, -0.2) is 28.0 Å². The number of aromatic nitrogens is 1. The van der Waals surface area contributed by atoms with Crippen LogP contribution in [0.2, 0.25) is 5.02 Å². The van der Waals surface area contributed by atoms with Crippen LogP contribution in [0.25, 0.3) is 0 Å². The van der Waals surface area contributed by atoms with Gasteiger partial charge in [0.15, 0.2) is 0 Å². The molecule has 0 aromatic carbocycles. The van der Waals surface area contributed by atoms with Gasteiger partial charge in [0.2, 0.25) is 0 Å². The van der Waals surface area contributed by atoms with Crippen molar-refractivity contribution in [3.8, 4) is 0 Å². The SMILES string of the molecule is O=C(NC1CCC(C(=O)O)C1)c1ccncc1Cl. The summed E-state index contributed by atoms with van der Waals surface area (Å²) in [6.45, 7) is 0. The molecule has 1 aromatic heterocycles. The second-order valence-corrected chi connectivity index (χ2v) is 4.78. The molecular weight excluding hydrogens is 256 g/mol. The molecule has 96 valence electrons. The lowest BCUT2D eigenvalue weighted by molar-refractivity contribution is -0.141. The maximum Gasteiger partial charge on any atom is 0.306 e. The standard InChI is InChI=1S/C12H13ClN2O3/c13-10-6-14-4-3-9(10)11(16)15-8-2-1-7(5-8)12(17)18/h3-4,6-8H,1-2,5H2,(H,15,16)(H,17,18). The molecule has 2 unspecified atom stereocenters. The number of carbonyl (C=O) groups excluding carboxylic acids is 1. The predicted octanol–water partition coefficient (Wildman–Crippen LogP) is 1.72. The first kappa shape index (κ1) is 12.8. The smallest absolute Gasteiger partial charge is 0.306 e. The number of hydrogen-bond donors (Lipinski definition) is 2. The summed E-state index contributed by atoms with van der Waals surface area (Å²) in [6.07, 6.45) is 4.67. The van der Waals surface area contributed by atoms with E-state index < -0.39 is 5.97 Å². The molecule has 1 heterocycles. The van der Waals surface area contributed by atoms with Gasteiger partial charge in [-0.3, -0.25) is 14.6 Å². The predicted molar refractivity (Wildman–Crippen MR) is 65.5 cm³/mol. The van der Waals surface area contributed by atoms with Gasteiger partial charge in [-0.2, -0.15) is 0 Å². The molecule has 0 spiro atoms. The van der Waals surface area contributed by atoms with Crippen molar-refractivity contribution in [2.45, 2.75) is 25.3 Å². The molecule has 0 saturated heterocycles. The molecular formula is C12H13ClN2O3. The second-order valence-electron chi connectivity index (χ2n) is 4.37. The third kappa shape index (κ3) is 2.79. The number of carbonyl (C=O) groups is 2. The van der Waals surface area contributed by atoms with Gasteiger partial charge in [-0.1, -0.05) is 11.6 Å². The Morgan fingerprint density at radius 3 is 2.83 bits per heavy atom. The van der Waals surface area contributed by atoms with Crippen LogP contribution in [0, 0.1) is 5.92 Å². The van der Waals surface area contributed by atoms with Gasteiger partial charge in [-0.05, 0) is 25.3 Å². The Hall–Kier alpha value is -1.62. The lowest BCUT2D eigenvalue weighted by Crippen LogP contribution is -2.33. The number of nitrogens with one attached hydrogen (secondary N) is 1. The van der Waals surface area contributed by atoms with Gasteiger partial charge in [0.1, 0.15) is 0 Å². The fourth-order valence-electron chi connectivity index (χ4n) is 2.16. The molecule has 2 N–H and O–H groups in total. The van der Waals surface area contributed by atoms with Crippen LogP contribution in [0.15, 0.2) is 18.5 Å². The van der Waals surface area contributed by atoms with Crippen LogP contribution in [0.5, 0.6) is 0 Å². The third-order valence-corrected chi connectivity index (χ3v) is 3.44. The zero-order valence-corrected chi connectivity index (χ0v) is 10.4. The Balaban J connectivity index is 1.97. The average molecular weight is 269 g/mol. The first-order valence-corrected chi connectivity index (χ1v) is 6.09. The van der Waals surface area contributed by atoms with Gasteiger partial charge < -0.3 is 10.4 Å². The fourth-order valence-corrected chi connectivity index (χ4v) is 2.36. The zero-order chi connectivity index (χ0) is 13.1. The molecule has 1 aliphatic carbocycles. The van der Waals surface area contributed by atoms with Crippen LogP contribution in [0.3, 0.4) is 0 Å². The third-order valence-electron chi connectivity index (χ3n) is 3.13. The van der Waals surface area contributed by atoms with Crippen molar-refractivity contribution < 1.29 is 14.7 Å². The monoisotopic (exact) mass is 268 g/mol. The highest BCUT2D eigenvalue weighted by Gasteiger charge is 2.30. The largest absolute Gasteiger partial charge is 0.481 e. The number of carboxylic acid groups (broad SMARTS) is 1. The maximum absolute atomic E-state index is 11.9. The van der Waals surface area contributed by atoms with Crippen LogP contribution >= 0.6 is 11.6 Å². The molecule has 1 amide bonds. The van der Waals surface area contributed by atoms with Crippen LogP contribution in [0.4, 0.5) is 0 Å². The minimum Gasteiger partial charge on any atom is -0.481 e. The van der Waals surface area contributed by atoms with Gasteiger partial charge in [-0.25, -0.2) is 0 Å². The normalized spacial score (nSPS) is 22.7. The zero-order valence-electron chi connectivity index (χ0n) is 9.60. The summed E-state index contributed by atoms with van der Waals surface area (Å²) >= 11 is 5.87. The highest BCUT2D eigenvalue weighted by molar-refractivity contribution is 6.33. The van der Waals surface area contributed by atoms with Crippen LogP contribution in [0.1, 0.15) is 29.6 Å². The highest BCUT2D eigenvalue weighted by atomic mass is 35.5. The Morgan fingerprint density at radius 1 is 1.44 bits per heavy atom. The second kappa shape index (κ2) is 5.35. The van der Waals surface area contributed by atoms with Crippen molar-refractivity contribution >= 4 is 23.5 Å². The van der Waals surface area contributed by atoms with Crippen LogP contribution in [-0.2, 0) is 4.79 Å². The number of rotatable bonds is 3. The Bertz CT molecular complexity index is 478. The van der Waals surface area contributed by atoms with Gasteiger partial charge in [0.05, 0.1) is 16.5 Å². The molecule has 1 fully saturated rings. The lowest BCUT2D eigenvalue weighted by Gasteiger charge is -2.12. The first-order chi connectivity index (χ1) is 8.58. The van der Waals surface area contributed by atoms with Crippen molar-refractivity contribution in [2.75, 3.05) is 0 Å². The molecule has 0 bridgehead atoms. The van der Waals surface area contributed by atoms with E-state index in [-0.39, 0.29) is 17.9 Å². The van der Waals surface area contributed by atoms with Crippen molar-refractivity contribution in [3.63, 3.8) is 0 Å². The van der Waals surface area contributed by atoms with Gasteiger partial charge in [0.25, 0.3) is 5.91 Å². The number of aliphatic carboxylic acids is 1. The van der Waals surface area contributed by atoms with E-state index in [1.165, 1.54) is 12.4 Å². The van der Waals surface area contributed by atoms with E-state index in [0.717, 1.165) is 0 Å². The summed E-state index contributed by atoms with van der Waals surface area (Å²) < 4.78 is 0. The number of hydrogen-bond acceptors (Lipinski definition) is 3. The van der Waals surface area contributed by atoms with E-state index >= 15 is 0 Å². The molecule has 0 radical (unpaired) electrons. The molecule has 6 heteroatoms. The fraction of sp³-hybridized carbons (Fsp3) is 0.417. The van der Waals surface area contributed by atoms with Gasteiger partial charge in [0, 0.05) is 18.4 Å². The van der Waals surface area contributed by atoms with Crippen molar-refractivity contribution in [1.82, 2.24) is 10.3 Å². The number of carboxylic acids is 1. The summed E-state index contributed by atoms with van der Waals surface area (Å²) in [7, 11) is 0. The molecule has 1 saturated carbocycles. The summed E-state index contributed by atoms with van der Waals surface area (Å²) in [6, 6.07) is 1.45. The molecule has 18 heavy (non-hydrogen) atoms. The molecule has 2 rings (SSSR count). The average Bonchev–Trinajstić information content (AvgIpc) is 2.78. The van der Waals surface area contributed by atoms with Crippen LogP contribution < -0.4 is 5.32 Å². The number of amides is 1. The Labute approximate surface area is 109 Å². The van der Waals surface area contributed by atoms with E-state index in [4.69, 9.17) is 16.7 Å². The van der Waals surface area contributed by atoms with E-state index in [1.54, 1.807) is 6.07 Å². The van der Waals surface area contributed by atoms with Gasteiger partial charge >= 0.3 is 5.97 Å².